The van der Waals surface area contributed by atoms with E-state index in [0.717, 1.165) is 28.6 Å². The molecule has 0 unspecified atom stereocenters. The summed E-state index contributed by atoms with van der Waals surface area (Å²) in [6, 6.07) is 15.8. The maximum Gasteiger partial charge on any atom is 0.336 e. The van der Waals surface area contributed by atoms with E-state index in [1.165, 1.54) is 51.3 Å². The lowest BCUT2D eigenvalue weighted by molar-refractivity contribution is -0.131. The van der Waals surface area contributed by atoms with Crippen LogP contribution < -0.4 is 10.4 Å². The van der Waals surface area contributed by atoms with Crippen molar-refractivity contribution in [1.82, 2.24) is 9.80 Å². The number of rotatable bonds is 7. The van der Waals surface area contributed by atoms with Crippen LogP contribution in [0, 0.1) is 5.92 Å². The Morgan fingerprint density at radius 1 is 1.08 bits per heavy atom. The summed E-state index contributed by atoms with van der Waals surface area (Å²) >= 11 is 0. The summed E-state index contributed by atoms with van der Waals surface area (Å²) in [5.41, 5.74) is 2.80. The predicted octanol–water partition coefficient (Wildman–Crippen LogP) is 5.12. The van der Waals surface area contributed by atoms with Crippen molar-refractivity contribution in [2.45, 2.75) is 51.0 Å². The number of carbonyl (C=O) groups excluding carboxylic acids is 1. The fraction of sp³-hybridized carbons (Fsp3) is 0.467. The van der Waals surface area contributed by atoms with Crippen molar-refractivity contribution in [1.29, 1.82) is 0 Å². The molecule has 1 amide bonds. The number of aryl methyl sites for hydroxylation is 1. The maximum atomic E-state index is 13.2. The number of fused-ring (bicyclic) bond motifs is 2. The van der Waals surface area contributed by atoms with Crippen LogP contribution in [0.15, 0.2) is 57.7 Å². The van der Waals surface area contributed by atoms with Gasteiger partial charge in [-0.15, -0.1) is 0 Å². The van der Waals surface area contributed by atoms with Gasteiger partial charge in [0.1, 0.15) is 11.3 Å². The van der Waals surface area contributed by atoms with Crippen LogP contribution in [0.2, 0.25) is 0 Å². The number of amides is 1. The third-order valence-electron chi connectivity index (χ3n) is 8.00. The minimum absolute atomic E-state index is 0.160. The summed E-state index contributed by atoms with van der Waals surface area (Å²) < 4.78 is 11.1. The number of carbonyl (C=O) groups is 1. The third kappa shape index (κ3) is 5.19. The molecule has 0 aliphatic carbocycles. The molecule has 0 radical (unpaired) electrons. The molecule has 2 aromatic carbocycles. The molecule has 0 spiro atoms. The highest BCUT2D eigenvalue weighted by Gasteiger charge is 2.34. The Hall–Kier alpha value is -3.12. The highest BCUT2D eigenvalue weighted by atomic mass is 16.5. The van der Waals surface area contributed by atoms with Gasteiger partial charge < -0.3 is 19.0 Å². The van der Waals surface area contributed by atoms with E-state index < -0.39 is 5.63 Å². The summed E-state index contributed by atoms with van der Waals surface area (Å²) in [5.74, 6) is 1.36. The Morgan fingerprint density at radius 3 is 2.69 bits per heavy atom. The monoisotopic (exact) mass is 488 g/mol. The molecule has 0 bridgehead atoms. The predicted molar refractivity (Wildman–Crippen MR) is 142 cm³/mol. The van der Waals surface area contributed by atoms with E-state index in [-0.39, 0.29) is 5.91 Å². The van der Waals surface area contributed by atoms with Crippen molar-refractivity contribution in [3.63, 3.8) is 0 Å². The van der Waals surface area contributed by atoms with Gasteiger partial charge in [0.15, 0.2) is 0 Å². The first kappa shape index (κ1) is 24.6. The van der Waals surface area contributed by atoms with Crippen LogP contribution in [-0.4, -0.2) is 55.5 Å². The molecule has 6 heteroatoms. The normalized spacial score (nSPS) is 20.2. The highest BCUT2D eigenvalue weighted by molar-refractivity contribution is 5.94. The number of hydrogen-bond acceptors (Lipinski definition) is 5. The third-order valence-corrected chi connectivity index (χ3v) is 8.00. The topological polar surface area (TPSA) is 63.0 Å². The fourth-order valence-electron chi connectivity index (χ4n) is 6.15. The zero-order chi connectivity index (χ0) is 25.1. The van der Waals surface area contributed by atoms with Crippen LogP contribution in [0.25, 0.3) is 22.1 Å². The van der Waals surface area contributed by atoms with E-state index in [9.17, 15) is 9.59 Å². The molecule has 5 rings (SSSR count). The van der Waals surface area contributed by atoms with Gasteiger partial charge in [0.05, 0.1) is 7.11 Å². The van der Waals surface area contributed by atoms with Gasteiger partial charge in [-0.3, -0.25) is 4.79 Å². The van der Waals surface area contributed by atoms with Crippen LogP contribution in [-0.2, 0) is 11.2 Å². The number of methoxy groups -OCH3 is 1. The standard InChI is InChI=1S/C30H36N2O4/c1-31(20-23-11-8-16-32-15-7-6-12-26(23)32)29(33)14-13-22-17-25-24(21-9-4-3-5-10-21)18-30(34)36-28(25)19-27(22)35-2/h3-5,9-10,17-19,23,26H,6-8,11-16,20H2,1-2H3/t23-,26-/m0/s1. The molecule has 0 N–H and O–H groups in total. The van der Waals surface area contributed by atoms with Crippen molar-refractivity contribution in [2.24, 2.45) is 5.92 Å². The number of hydrogen-bond donors (Lipinski definition) is 0. The number of nitrogens with zero attached hydrogens (tertiary/aromatic N) is 2. The lowest BCUT2D eigenvalue weighted by Gasteiger charge is -2.45. The molecule has 0 saturated carbocycles. The summed E-state index contributed by atoms with van der Waals surface area (Å²) in [6.07, 6.45) is 7.30. The molecule has 2 aliphatic heterocycles. The first-order chi connectivity index (χ1) is 17.5. The lowest BCUT2D eigenvalue weighted by Crippen LogP contribution is -2.51. The van der Waals surface area contributed by atoms with Crippen LogP contribution in [0.3, 0.4) is 0 Å². The Bertz CT molecular complexity index is 1270. The van der Waals surface area contributed by atoms with Crippen LogP contribution in [0.5, 0.6) is 5.75 Å². The molecule has 3 aromatic rings. The molecule has 2 aliphatic rings. The van der Waals surface area contributed by atoms with Crippen molar-refractivity contribution in [2.75, 3.05) is 33.8 Å². The first-order valence-electron chi connectivity index (χ1n) is 13.2. The van der Waals surface area contributed by atoms with Crippen molar-refractivity contribution < 1.29 is 13.9 Å². The second-order valence-electron chi connectivity index (χ2n) is 10.3. The maximum absolute atomic E-state index is 13.2. The Labute approximate surface area is 212 Å². The zero-order valence-corrected chi connectivity index (χ0v) is 21.4. The van der Waals surface area contributed by atoms with E-state index in [4.69, 9.17) is 9.15 Å². The van der Waals surface area contributed by atoms with Crippen molar-refractivity contribution >= 4 is 16.9 Å². The zero-order valence-electron chi connectivity index (χ0n) is 21.4. The highest BCUT2D eigenvalue weighted by Crippen LogP contribution is 2.34. The van der Waals surface area contributed by atoms with Gasteiger partial charge in [-0.1, -0.05) is 36.8 Å². The summed E-state index contributed by atoms with van der Waals surface area (Å²) in [5, 5.41) is 0.844. The summed E-state index contributed by atoms with van der Waals surface area (Å²) in [6.45, 7) is 3.26. The van der Waals surface area contributed by atoms with Gasteiger partial charge in [0.25, 0.3) is 0 Å². The first-order valence-corrected chi connectivity index (χ1v) is 13.2. The molecule has 2 atom stereocenters. The fourth-order valence-corrected chi connectivity index (χ4v) is 6.15. The van der Waals surface area contributed by atoms with Crippen LogP contribution in [0.1, 0.15) is 44.1 Å². The molecule has 3 heterocycles. The molecule has 2 fully saturated rings. The lowest BCUT2D eigenvalue weighted by atomic mass is 9.83. The van der Waals surface area contributed by atoms with Crippen LogP contribution in [0.4, 0.5) is 0 Å². The Balaban J connectivity index is 1.33. The molecule has 6 nitrogen and oxygen atoms in total. The molecule has 2 saturated heterocycles. The van der Waals surface area contributed by atoms with E-state index in [2.05, 4.69) is 4.90 Å². The van der Waals surface area contributed by atoms with Crippen LogP contribution >= 0.6 is 0 Å². The van der Waals surface area contributed by atoms with Gasteiger partial charge in [-0.25, -0.2) is 4.79 Å². The van der Waals surface area contributed by atoms with E-state index in [1.54, 1.807) is 13.2 Å². The van der Waals surface area contributed by atoms with Gasteiger partial charge >= 0.3 is 5.63 Å². The number of ether oxygens (including phenoxy) is 1. The van der Waals surface area contributed by atoms with Gasteiger partial charge in [0.2, 0.25) is 5.91 Å². The van der Waals surface area contributed by atoms with Crippen molar-refractivity contribution in [3.05, 3.63) is 64.5 Å². The average molecular weight is 489 g/mol. The molecular weight excluding hydrogens is 452 g/mol. The van der Waals surface area contributed by atoms with E-state index >= 15 is 0 Å². The Kier molecular flexibility index (Phi) is 7.42. The molecule has 190 valence electrons. The van der Waals surface area contributed by atoms with E-state index in [0.29, 0.717) is 36.1 Å². The minimum atomic E-state index is -0.396. The van der Waals surface area contributed by atoms with Gasteiger partial charge in [-0.05, 0) is 73.9 Å². The number of piperidine rings is 2. The largest absolute Gasteiger partial charge is 0.496 e. The SMILES string of the molecule is COc1cc2oc(=O)cc(-c3ccccc3)c2cc1CCC(=O)N(C)C[C@@H]1CCCN2CCCC[C@@H]12. The smallest absolute Gasteiger partial charge is 0.336 e. The second-order valence-corrected chi connectivity index (χ2v) is 10.3. The molecular formula is C30H36N2O4. The minimum Gasteiger partial charge on any atom is -0.496 e. The van der Waals surface area contributed by atoms with Gasteiger partial charge in [-0.2, -0.15) is 0 Å². The summed E-state index contributed by atoms with van der Waals surface area (Å²) in [7, 11) is 3.56. The van der Waals surface area contributed by atoms with E-state index in [1.807, 2.05) is 48.3 Å². The Morgan fingerprint density at radius 2 is 1.89 bits per heavy atom. The van der Waals surface area contributed by atoms with Gasteiger partial charge in [0, 0.05) is 43.6 Å². The summed E-state index contributed by atoms with van der Waals surface area (Å²) in [4.78, 5) is 30.0. The second kappa shape index (κ2) is 10.9. The molecule has 1 aromatic heterocycles. The quantitative estimate of drug-likeness (QED) is 0.432. The molecule has 36 heavy (non-hydrogen) atoms. The number of benzene rings is 2. The van der Waals surface area contributed by atoms with Crippen molar-refractivity contribution in [3.8, 4) is 16.9 Å². The average Bonchev–Trinajstić information content (AvgIpc) is 2.91.